The lowest BCUT2D eigenvalue weighted by atomic mass is 10.1. The second kappa shape index (κ2) is 11.7. The minimum absolute atomic E-state index is 0.252. The predicted molar refractivity (Wildman–Crippen MR) is 153 cm³/mol. The fraction of sp³-hybridized carbons (Fsp3) is 0.345. The highest BCUT2D eigenvalue weighted by Crippen LogP contribution is 2.34. The standard InChI is InChI=1S/C29H31ClN6O4/c30-24-13-22(9-10-25(24)35-29(38)33-19-5-6-19)40-28-23-14-26(34-27(23)31-17-32-28)18-3-7-21(8-4-18)39-16-20(37)15-36-11-1-2-12-36/h3-4,7-10,13-14,17,19-20,37H,1-2,5-6,11-12,15-16H2,(H,31,32,34)(H2,33,35,38)/t20-/m0/s1. The molecule has 0 radical (unpaired) electrons. The molecule has 40 heavy (non-hydrogen) atoms. The number of aromatic nitrogens is 3. The number of urea groups is 1. The number of hydrogen-bond acceptors (Lipinski definition) is 7. The Hall–Kier alpha value is -3.86. The molecule has 4 N–H and O–H groups in total. The molecule has 0 spiro atoms. The van der Waals surface area contributed by atoms with Crippen LogP contribution < -0.4 is 20.1 Å². The quantitative estimate of drug-likeness (QED) is 0.210. The number of ether oxygens (including phenoxy) is 2. The van der Waals surface area contributed by atoms with E-state index in [9.17, 15) is 9.90 Å². The SMILES string of the molecule is O=C(Nc1ccc(Oc2ncnc3[nH]c(-c4ccc(OC[C@@H](O)CN5CCCC5)cc4)cc23)cc1Cl)NC1CC1. The number of fused-ring (bicyclic) bond motifs is 1. The average Bonchev–Trinajstić information content (AvgIpc) is 3.41. The van der Waals surface area contributed by atoms with E-state index < -0.39 is 6.10 Å². The van der Waals surface area contributed by atoms with Crippen LogP contribution in [0.1, 0.15) is 25.7 Å². The van der Waals surface area contributed by atoms with E-state index in [-0.39, 0.29) is 18.7 Å². The van der Waals surface area contributed by atoms with E-state index in [0.29, 0.717) is 45.7 Å². The van der Waals surface area contributed by atoms with Crippen LogP contribution in [0.3, 0.4) is 0 Å². The number of halogens is 1. The summed E-state index contributed by atoms with van der Waals surface area (Å²) < 4.78 is 11.9. The predicted octanol–water partition coefficient (Wildman–Crippen LogP) is 5.19. The molecule has 2 aromatic carbocycles. The molecule has 208 valence electrons. The molecule has 1 aliphatic heterocycles. The largest absolute Gasteiger partial charge is 0.491 e. The number of anilines is 1. The van der Waals surface area contributed by atoms with Crippen molar-refractivity contribution in [1.82, 2.24) is 25.2 Å². The van der Waals surface area contributed by atoms with Crippen LogP contribution in [-0.2, 0) is 0 Å². The normalized spacial score (nSPS) is 16.1. The van der Waals surface area contributed by atoms with Crippen LogP contribution >= 0.6 is 11.6 Å². The molecule has 1 atom stereocenters. The van der Waals surface area contributed by atoms with Crippen LogP contribution in [0.25, 0.3) is 22.3 Å². The van der Waals surface area contributed by atoms with Crippen molar-refractivity contribution in [2.75, 3.05) is 31.6 Å². The number of amides is 2. The number of benzene rings is 2. The third-order valence-corrected chi connectivity index (χ3v) is 7.29. The first-order chi connectivity index (χ1) is 19.5. The van der Waals surface area contributed by atoms with Gasteiger partial charge in [0.2, 0.25) is 5.88 Å². The lowest BCUT2D eigenvalue weighted by Gasteiger charge is -2.19. The molecule has 0 bridgehead atoms. The number of aromatic amines is 1. The molecule has 11 heteroatoms. The van der Waals surface area contributed by atoms with Gasteiger partial charge in [-0.25, -0.2) is 14.8 Å². The molecule has 2 amide bonds. The van der Waals surface area contributed by atoms with Crippen LogP contribution in [0.15, 0.2) is 54.9 Å². The van der Waals surface area contributed by atoms with Gasteiger partial charge in [0.15, 0.2) is 0 Å². The molecular formula is C29H31ClN6O4. The molecule has 1 saturated heterocycles. The highest BCUT2D eigenvalue weighted by atomic mass is 35.5. The molecule has 10 nitrogen and oxygen atoms in total. The maximum Gasteiger partial charge on any atom is 0.319 e. The molecule has 2 aromatic heterocycles. The third kappa shape index (κ3) is 6.47. The molecule has 4 aromatic rings. The second-order valence-corrected chi connectivity index (χ2v) is 10.6. The Morgan fingerprint density at radius 3 is 2.62 bits per heavy atom. The Morgan fingerprint density at radius 1 is 1.10 bits per heavy atom. The van der Waals surface area contributed by atoms with Gasteiger partial charge in [0, 0.05) is 24.3 Å². The fourth-order valence-corrected chi connectivity index (χ4v) is 4.95. The van der Waals surface area contributed by atoms with Gasteiger partial charge in [-0.3, -0.25) is 0 Å². The first-order valence-corrected chi connectivity index (χ1v) is 13.9. The minimum Gasteiger partial charge on any atom is -0.491 e. The number of hydrogen-bond donors (Lipinski definition) is 4. The molecule has 1 aliphatic carbocycles. The van der Waals surface area contributed by atoms with Gasteiger partial charge in [-0.15, -0.1) is 0 Å². The molecule has 1 saturated carbocycles. The van der Waals surface area contributed by atoms with Crippen LogP contribution in [-0.4, -0.2) is 69.4 Å². The van der Waals surface area contributed by atoms with Gasteiger partial charge in [-0.05, 0) is 86.8 Å². The summed E-state index contributed by atoms with van der Waals surface area (Å²) in [5, 5.41) is 17.0. The van der Waals surface area contributed by atoms with Crippen LogP contribution in [0.4, 0.5) is 10.5 Å². The van der Waals surface area contributed by atoms with Crippen LogP contribution in [0, 0.1) is 0 Å². The van der Waals surface area contributed by atoms with E-state index in [0.717, 1.165) is 37.2 Å². The number of carbonyl (C=O) groups excluding carboxylic acids is 1. The van der Waals surface area contributed by atoms with Crippen molar-refractivity contribution >= 4 is 34.4 Å². The summed E-state index contributed by atoms with van der Waals surface area (Å²) in [7, 11) is 0. The van der Waals surface area contributed by atoms with Gasteiger partial charge in [0.05, 0.1) is 16.1 Å². The van der Waals surface area contributed by atoms with Crippen LogP contribution in [0.5, 0.6) is 17.4 Å². The number of β-amino-alcohol motifs (C(OH)–C–C–N with tert-alkyl or cyclic N) is 1. The summed E-state index contributed by atoms with van der Waals surface area (Å²) >= 11 is 6.40. The number of nitrogens with one attached hydrogen (secondary N) is 3. The number of likely N-dealkylation sites (tertiary alicyclic amines) is 1. The zero-order valence-corrected chi connectivity index (χ0v) is 22.7. The van der Waals surface area contributed by atoms with Crippen molar-refractivity contribution in [2.24, 2.45) is 0 Å². The Labute approximate surface area is 236 Å². The van der Waals surface area contributed by atoms with Crippen molar-refractivity contribution < 1.29 is 19.4 Å². The molecule has 6 rings (SSSR count). The van der Waals surface area contributed by atoms with Crippen LogP contribution in [0.2, 0.25) is 5.02 Å². The van der Waals surface area contributed by atoms with Crippen molar-refractivity contribution in [3.8, 4) is 28.6 Å². The van der Waals surface area contributed by atoms with E-state index in [1.54, 1.807) is 18.2 Å². The lowest BCUT2D eigenvalue weighted by molar-refractivity contribution is 0.0758. The van der Waals surface area contributed by atoms with E-state index in [1.165, 1.54) is 19.2 Å². The first-order valence-electron chi connectivity index (χ1n) is 13.5. The van der Waals surface area contributed by atoms with E-state index in [2.05, 4.69) is 30.5 Å². The molecule has 2 fully saturated rings. The Morgan fingerprint density at radius 2 is 1.88 bits per heavy atom. The maximum atomic E-state index is 12.0. The first kappa shape index (κ1) is 26.4. The van der Waals surface area contributed by atoms with Gasteiger partial charge >= 0.3 is 6.03 Å². The number of H-pyrrole nitrogens is 1. The topological polar surface area (TPSA) is 125 Å². The fourth-order valence-electron chi connectivity index (χ4n) is 4.74. The number of nitrogens with zero attached hydrogens (tertiary/aromatic N) is 3. The highest BCUT2D eigenvalue weighted by Gasteiger charge is 2.23. The monoisotopic (exact) mass is 562 g/mol. The van der Waals surface area contributed by atoms with Gasteiger partial charge in [0.1, 0.15) is 36.2 Å². The van der Waals surface area contributed by atoms with Gasteiger partial charge in [0.25, 0.3) is 0 Å². The van der Waals surface area contributed by atoms with E-state index >= 15 is 0 Å². The summed E-state index contributed by atoms with van der Waals surface area (Å²) in [5.41, 5.74) is 2.92. The lowest BCUT2D eigenvalue weighted by Crippen LogP contribution is -2.33. The average molecular weight is 563 g/mol. The summed E-state index contributed by atoms with van der Waals surface area (Å²) in [6.07, 6.45) is 5.32. The van der Waals surface area contributed by atoms with Crippen molar-refractivity contribution in [1.29, 1.82) is 0 Å². The van der Waals surface area contributed by atoms with E-state index in [1.807, 2.05) is 30.3 Å². The molecule has 2 aliphatic rings. The minimum atomic E-state index is -0.516. The van der Waals surface area contributed by atoms with Gasteiger partial charge in [-0.2, -0.15) is 0 Å². The zero-order valence-electron chi connectivity index (χ0n) is 21.9. The number of rotatable bonds is 10. The smallest absolute Gasteiger partial charge is 0.319 e. The van der Waals surface area contributed by atoms with Crippen molar-refractivity contribution in [3.63, 3.8) is 0 Å². The number of aliphatic hydroxyl groups is 1. The maximum absolute atomic E-state index is 12.0. The summed E-state index contributed by atoms with van der Waals surface area (Å²) in [5.74, 6) is 1.56. The Kier molecular flexibility index (Phi) is 7.72. The summed E-state index contributed by atoms with van der Waals surface area (Å²) in [6.45, 7) is 2.99. The summed E-state index contributed by atoms with van der Waals surface area (Å²) in [4.78, 5) is 26.3. The third-order valence-electron chi connectivity index (χ3n) is 6.98. The Balaban J connectivity index is 1.10. The van der Waals surface area contributed by atoms with Gasteiger partial charge < -0.3 is 35.1 Å². The highest BCUT2D eigenvalue weighted by molar-refractivity contribution is 6.33. The van der Waals surface area contributed by atoms with Crippen molar-refractivity contribution in [2.45, 2.75) is 37.8 Å². The molecule has 3 heterocycles. The molecular weight excluding hydrogens is 532 g/mol. The second-order valence-electron chi connectivity index (χ2n) is 10.2. The number of aliphatic hydroxyl groups excluding tert-OH is 1. The number of carbonyl (C=O) groups is 1. The molecule has 0 unspecified atom stereocenters. The zero-order chi connectivity index (χ0) is 27.5. The van der Waals surface area contributed by atoms with E-state index in [4.69, 9.17) is 21.1 Å². The summed E-state index contributed by atoms with van der Waals surface area (Å²) in [6, 6.07) is 14.6. The van der Waals surface area contributed by atoms with Gasteiger partial charge in [-0.1, -0.05) is 11.6 Å². The van der Waals surface area contributed by atoms with Crippen molar-refractivity contribution in [3.05, 3.63) is 59.9 Å². The Bertz CT molecular complexity index is 1480.